The first kappa shape index (κ1) is 19.4. The molecule has 4 saturated carbocycles. The van der Waals surface area contributed by atoms with Gasteiger partial charge in [0, 0.05) is 18.3 Å². The van der Waals surface area contributed by atoms with Crippen LogP contribution in [0.5, 0.6) is 0 Å². The quantitative estimate of drug-likeness (QED) is 0.752. The van der Waals surface area contributed by atoms with E-state index in [9.17, 15) is 14.7 Å². The van der Waals surface area contributed by atoms with Gasteiger partial charge >= 0.3 is 5.97 Å². The molecule has 8 atom stereocenters. The molecule has 0 aromatic heterocycles. The number of hydrogen-bond acceptors (Lipinski definition) is 4. The molecule has 4 nitrogen and oxygen atoms in total. The number of carbonyl (C=O) groups is 2. The minimum Gasteiger partial charge on any atom is -0.466 e. The Morgan fingerprint density at radius 3 is 2.63 bits per heavy atom. The first-order valence-electron chi connectivity index (χ1n) is 11.2. The van der Waals surface area contributed by atoms with E-state index in [0.717, 1.165) is 51.4 Å². The van der Waals surface area contributed by atoms with Crippen molar-refractivity contribution in [2.24, 2.45) is 40.4 Å². The minimum atomic E-state index is -0.292. The number of ether oxygens (including phenoxy) is 1. The van der Waals surface area contributed by atoms with Crippen molar-refractivity contribution in [3.8, 4) is 0 Å². The molecule has 0 aromatic carbocycles. The van der Waals surface area contributed by atoms with Gasteiger partial charge in [-0.25, -0.2) is 0 Å². The molecule has 0 radical (unpaired) electrons. The van der Waals surface area contributed by atoms with Crippen LogP contribution in [0.3, 0.4) is 0 Å². The summed E-state index contributed by atoms with van der Waals surface area (Å²) < 4.78 is 5.15. The zero-order chi connectivity index (χ0) is 19.4. The maximum absolute atomic E-state index is 12.5. The van der Waals surface area contributed by atoms with Crippen LogP contribution < -0.4 is 0 Å². The number of carbonyl (C=O) groups excluding carboxylic acids is 2. The summed E-state index contributed by atoms with van der Waals surface area (Å²) in [6.45, 7) is 6.89. The average molecular weight is 377 g/mol. The monoisotopic (exact) mass is 376 g/mol. The van der Waals surface area contributed by atoms with E-state index in [0.29, 0.717) is 42.5 Å². The summed E-state index contributed by atoms with van der Waals surface area (Å²) in [6.07, 6.45) is 8.08. The lowest BCUT2D eigenvalue weighted by molar-refractivity contribution is -0.167. The molecule has 0 bridgehead atoms. The zero-order valence-corrected chi connectivity index (χ0v) is 17.2. The molecular weight excluding hydrogens is 340 g/mol. The lowest BCUT2D eigenvalue weighted by atomic mass is 9.44. The Kier molecular flexibility index (Phi) is 4.93. The summed E-state index contributed by atoms with van der Waals surface area (Å²) in [5.74, 6) is 2.58. The number of ketones is 1. The molecule has 0 aliphatic heterocycles. The highest BCUT2D eigenvalue weighted by Gasteiger charge is 2.62. The van der Waals surface area contributed by atoms with Gasteiger partial charge in [0.15, 0.2) is 0 Å². The number of aliphatic hydroxyl groups is 1. The van der Waals surface area contributed by atoms with Crippen molar-refractivity contribution in [1.29, 1.82) is 0 Å². The van der Waals surface area contributed by atoms with Gasteiger partial charge in [0.05, 0.1) is 12.7 Å². The number of aliphatic hydroxyl groups excluding tert-OH is 1. The lowest BCUT2D eigenvalue weighted by Gasteiger charge is -2.61. The van der Waals surface area contributed by atoms with Gasteiger partial charge in [0.25, 0.3) is 0 Å². The standard InChI is InChI=1S/C23H36O4/c1-4-27-21(26)12-14-7-9-22(2)17-8-10-23(3)16(5-6-20(23)25)15(17)13-19(24)18(22)11-14/h14-19,24H,4-13H2,1-3H3/t14-,15-,16-,17-,18+,19-,22+,23-/m0/s1. The molecule has 0 unspecified atom stereocenters. The predicted molar refractivity (Wildman–Crippen MR) is 103 cm³/mol. The summed E-state index contributed by atoms with van der Waals surface area (Å²) >= 11 is 0. The Balaban J connectivity index is 1.52. The van der Waals surface area contributed by atoms with Crippen molar-refractivity contribution in [1.82, 2.24) is 0 Å². The fraction of sp³-hybridized carbons (Fsp3) is 0.913. The largest absolute Gasteiger partial charge is 0.466 e. The lowest BCUT2D eigenvalue weighted by Crippen LogP contribution is -2.57. The Bertz CT molecular complexity index is 615. The number of rotatable bonds is 3. The summed E-state index contributed by atoms with van der Waals surface area (Å²) in [6, 6.07) is 0. The topological polar surface area (TPSA) is 63.6 Å². The van der Waals surface area contributed by atoms with E-state index in [2.05, 4.69) is 13.8 Å². The average Bonchev–Trinajstić information content (AvgIpc) is 2.92. The van der Waals surface area contributed by atoms with E-state index in [1.54, 1.807) is 0 Å². The third-order valence-corrected chi connectivity index (χ3v) is 9.26. The molecule has 4 aliphatic carbocycles. The Hall–Kier alpha value is -0.900. The highest BCUT2D eigenvalue weighted by molar-refractivity contribution is 5.87. The maximum Gasteiger partial charge on any atom is 0.306 e. The summed E-state index contributed by atoms with van der Waals surface area (Å²) in [7, 11) is 0. The second-order valence-corrected chi connectivity index (χ2v) is 10.4. The van der Waals surface area contributed by atoms with Crippen LogP contribution in [0.25, 0.3) is 0 Å². The number of hydrogen-bond donors (Lipinski definition) is 1. The Morgan fingerprint density at radius 1 is 1.11 bits per heavy atom. The SMILES string of the molecule is CCOC(=O)C[C@H]1CC[C@@]2(C)[C@H](C1)[C@@H](O)C[C@@H]1[C@@H]2CC[C@]2(C)C(=O)CC[C@@H]12. The summed E-state index contributed by atoms with van der Waals surface area (Å²) in [4.78, 5) is 24.5. The smallest absolute Gasteiger partial charge is 0.306 e. The van der Waals surface area contributed by atoms with Gasteiger partial charge in [-0.3, -0.25) is 9.59 Å². The molecule has 4 rings (SSSR count). The van der Waals surface area contributed by atoms with Gasteiger partial charge in [-0.05, 0) is 86.9 Å². The molecule has 0 aromatic rings. The Morgan fingerprint density at radius 2 is 1.89 bits per heavy atom. The molecular formula is C23H36O4. The molecule has 0 amide bonds. The first-order chi connectivity index (χ1) is 12.8. The third-order valence-electron chi connectivity index (χ3n) is 9.26. The summed E-state index contributed by atoms with van der Waals surface area (Å²) in [5.41, 5.74) is 0.0195. The van der Waals surface area contributed by atoms with Gasteiger partial charge in [0.2, 0.25) is 0 Å². The molecule has 1 N–H and O–H groups in total. The van der Waals surface area contributed by atoms with Gasteiger partial charge in [-0.15, -0.1) is 0 Å². The van der Waals surface area contributed by atoms with Gasteiger partial charge in [-0.1, -0.05) is 13.8 Å². The van der Waals surface area contributed by atoms with Crippen molar-refractivity contribution in [3.05, 3.63) is 0 Å². The van der Waals surface area contributed by atoms with Crippen molar-refractivity contribution in [2.45, 2.75) is 84.7 Å². The second kappa shape index (κ2) is 6.86. The fourth-order valence-corrected chi connectivity index (χ4v) is 7.79. The van der Waals surface area contributed by atoms with E-state index in [4.69, 9.17) is 4.74 Å². The highest BCUT2D eigenvalue weighted by atomic mass is 16.5. The van der Waals surface area contributed by atoms with Crippen LogP contribution in [0.1, 0.15) is 78.6 Å². The van der Waals surface area contributed by atoms with Crippen LogP contribution >= 0.6 is 0 Å². The van der Waals surface area contributed by atoms with E-state index in [1.807, 2.05) is 6.92 Å². The van der Waals surface area contributed by atoms with Crippen molar-refractivity contribution in [2.75, 3.05) is 6.61 Å². The predicted octanol–water partition coefficient (Wildman–Crippen LogP) is 4.14. The molecule has 4 aliphatic rings. The van der Waals surface area contributed by atoms with Gasteiger partial charge in [-0.2, -0.15) is 0 Å². The molecule has 0 saturated heterocycles. The number of fused-ring (bicyclic) bond motifs is 5. The van der Waals surface area contributed by atoms with Crippen LogP contribution in [0.15, 0.2) is 0 Å². The molecule has 152 valence electrons. The normalized spacial score (nSPS) is 49.1. The van der Waals surface area contributed by atoms with Gasteiger partial charge < -0.3 is 9.84 Å². The fourth-order valence-electron chi connectivity index (χ4n) is 7.79. The highest BCUT2D eigenvalue weighted by Crippen LogP contribution is 2.66. The van der Waals surface area contributed by atoms with E-state index < -0.39 is 0 Å². The maximum atomic E-state index is 12.5. The number of esters is 1. The Labute approximate surface area is 163 Å². The van der Waals surface area contributed by atoms with Crippen LogP contribution in [0.4, 0.5) is 0 Å². The van der Waals surface area contributed by atoms with Crippen molar-refractivity contribution >= 4 is 11.8 Å². The molecule has 27 heavy (non-hydrogen) atoms. The number of Topliss-reactive ketones (excluding diaryl/α,β-unsaturated/α-hetero) is 1. The molecule has 4 fully saturated rings. The molecule has 0 spiro atoms. The van der Waals surface area contributed by atoms with Crippen molar-refractivity contribution in [3.63, 3.8) is 0 Å². The van der Waals surface area contributed by atoms with Crippen LogP contribution in [0.2, 0.25) is 0 Å². The first-order valence-corrected chi connectivity index (χ1v) is 11.2. The van der Waals surface area contributed by atoms with Crippen LogP contribution in [0, 0.1) is 40.4 Å². The molecule has 0 heterocycles. The van der Waals surface area contributed by atoms with Crippen LogP contribution in [-0.4, -0.2) is 29.6 Å². The van der Waals surface area contributed by atoms with E-state index in [1.165, 1.54) is 0 Å². The second-order valence-electron chi connectivity index (χ2n) is 10.4. The third kappa shape index (κ3) is 2.97. The molecule has 4 heteroatoms. The van der Waals surface area contributed by atoms with Gasteiger partial charge in [0.1, 0.15) is 5.78 Å². The minimum absolute atomic E-state index is 0.0906. The van der Waals surface area contributed by atoms with Crippen LogP contribution in [-0.2, 0) is 14.3 Å². The van der Waals surface area contributed by atoms with E-state index in [-0.39, 0.29) is 28.8 Å². The summed E-state index contributed by atoms with van der Waals surface area (Å²) in [5, 5.41) is 11.1. The van der Waals surface area contributed by atoms with Crippen molar-refractivity contribution < 1.29 is 19.4 Å². The van der Waals surface area contributed by atoms with E-state index >= 15 is 0 Å². The zero-order valence-electron chi connectivity index (χ0n) is 17.2.